The Hall–Kier alpha value is -3.99. The molecule has 1 N–H and O–H groups in total. The Morgan fingerprint density at radius 1 is 1.08 bits per heavy atom. The van der Waals surface area contributed by atoms with Crippen molar-refractivity contribution in [3.8, 4) is 6.07 Å². The van der Waals surface area contributed by atoms with Crippen molar-refractivity contribution in [3.05, 3.63) is 70.8 Å². The predicted octanol–water partition coefficient (Wildman–Crippen LogP) is 4.14. The number of Topliss-reactive ketones (excluding diaryl/α,β-unsaturated/α-hetero) is 1. The number of carbonyl (C=O) groups excluding carboxylic acids is 4. The van der Waals surface area contributed by atoms with Gasteiger partial charge in [0.15, 0.2) is 5.78 Å². The highest BCUT2D eigenvalue weighted by molar-refractivity contribution is 5.99. The van der Waals surface area contributed by atoms with E-state index in [1.54, 1.807) is 39.8 Å². The number of esters is 1. The van der Waals surface area contributed by atoms with Crippen molar-refractivity contribution < 1.29 is 23.9 Å². The van der Waals surface area contributed by atoms with E-state index in [9.17, 15) is 19.2 Å². The monoisotopic (exact) mass is 531 g/mol. The van der Waals surface area contributed by atoms with Gasteiger partial charge in [-0.1, -0.05) is 36.8 Å². The lowest BCUT2D eigenvalue weighted by molar-refractivity contribution is -0.163. The van der Waals surface area contributed by atoms with Crippen LogP contribution in [-0.2, 0) is 25.5 Å². The number of amides is 2. The highest BCUT2D eigenvalue weighted by Gasteiger charge is 2.39. The highest BCUT2D eigenvalue weighted by atomic mass is 16.6. The third-order valence-electron chi connectivity index (χ3n) is 6.67. The van der Waals surface area contributed by atoms with Crippen molar-refractivity contribution in [2.24, 2.45) is 5.92 Å². The maximum Gasteiger partial charge on any atom is 0.329 e. The Balaban J connectivity index is 1.73. The molecule has 3 atom stereocenters. The summed E-state index contributed by atoms with van der Waals surface area (Å²) in [6.45, 7) is 9.43. The molecule has 2 amide bonds. The fourth-order valence-electron chi connectivity index (χ4n) is 4.60. The zero-order valence-electron chi connectivity index (χ0n) is 23.3. The third kappa shape index (κ3) is 8.25. The van der Waals surface area contributed by atoms with Gasteiger partial charge in [0.25, 0.3) is 5.91 Å². The minimum Gasteiger partial charge on any atom is -0.458 e. The molecule has 206 valence electrons. The molecule has 39 heavy (non-hydrogen) atoms. The van der Waals surface area contributed by atoms with E-state index >= 15 is 0 Å². The number of nitrogens with zero attached hydrogens (tertiary/aromatic N) is 2. The number of ketones is 1. The molecule has 0 radical (unpaired) electrons. The number of likely N-dealkylation sites (tertiary alicyclic amines) is 1. The van der Waals surface area contributed by atoms with Gasteiger partial charge in [-0.15, -0.1) is 0 Å². The van der Waals surface area contributed by atoms with Crippen LogP contribution in [0.15, 0.2) is 48.5 Å². The Kier molecular flexibility index (Phi) is 9.63. The van der Waals surface area contributed by atoms with Crippen molar-refractivity contribution >= 4 is 23.6 Å². The second-order valence-corrected chi connectivity index (χ2v) is 11.2. The summed E-state index contributed by atoms with van der Waals surface area (Å²) in [6.07, 6.45) is 1.40. The molecule has 0 aliphatic carbocycles. The summed E-state index contributed by atoms with van der Waals surface area (Å²) in [5.41, 5.74) is 2.05. The van der Waals surface area contributed by atoms with Crippen molar-refractivity contribution in [1.29, 1.82) is 5.26 Å². The van der Waals surface area contributed by atoms with E-state index in [4.69, 9.17) is 10.00 Å². The van der Waals surface area contributed by atoms with Crippen molar-refractivity contribution in [3.63, 3.8) is 0 Å². The first-order valence-corrected chi connectivity index (χ1v) is 13.3. The highest BCUT2D eigenvalue weighted by Crippen LogP contribution is 2.24. The van der Waals surface area contributed by atoms with Crippen LogP contribution < -0.4 is 5.32 Å². The van der Waals surface area contributed by atoms with Gasteiger partial charge >= 0.3 is 5.97 Å². The first kappa shape index (κ1) is 29.6. The van der Waals surface area contributed by atoms with Crippen LogP contribution >= 0.6 is 0 Å². The molecule has 1 fully saturated rings. The summed E-state index contributed by atoms with van der Waals surface area (Å²) in [6, 6.07) is 14.4. The molecule has 1 saturated heterocycles. The Labute approximate surface area is 230 Å². The van der Waals surface area contributed by atoms with Gasteiger partial charge in [0.05, 0.1) is 17.7 Å². The number of hydrogen-bond acceptors (Lipinski definition) is 6. The van der Waals surface area contributed by atoms with Gasteiger partial charge in [-0.2, -0.15) is 5.26 Å². The molecular formula is C31H37N3O5. The molecule has 8 heteroatoms. The molecular weight excluding hydrogens is 494 g/mol. The molecule has 0 saturated carbocycles. The lowest BCUT2D eigenvalue weighted by Crippen LogP contribution is -2.47. The Morgan fingerprint density at radius 2 is 1.72 bits per heavy atom. The predicted molar refractivity (Wildman–Crippen MR) is 147 cm³/mol. The van der Waals surface area contributed by atoms with Gasteiger partial charge in [-0.05, 0) is 76.8 Å². The molecule has 0 unspecified atom stereocenters. The van der Waals surface area contributed by atoms with Crippen LogP contribution in [0.4, 0.5) is 0 Å². The Morgan fingerprint density at radius 3 is 2.31 bits per heavy atom. The second-order valence-electron chi connectivity index (χ2n) is 11.2. The van der Waals surface area contributed by atoms with E-state index in [1.165, 1.54) is 17.0 Å². The standard InChI is InChI=1S/C31H37N3O5/c1-20-8-10-22(11-9-20)18-25(33-28(36)24-14-12-23(19-32)13-15-24)27(35)17-21(2)29(37)34-16-6-7-26(34)30(38)39-31(3,4)5/h8-15,21,25-26H,6-7,16-18H2,1-5H3,(H,33,36)/t21-,25+,26-/m0/s1. The number of rotatable bonds is 9. The molecule has 0 aromatic heterocycles. The number of carbonyl (C=O) groups is 4. The van der Waals surface area contributed by atoms with Gasteiger partial charge < -0.3 is 15.0 Å². The lowest BCUT2D eigenvalue weighted by Gasteiger charge is -2.29. The molecule has 3 rings (SSSR count). The fraction of sp³-hybridized carbons (Fsp3) is 0.452. The van der Waals surface area contributed by atoms with Gasteiger partial charge in [-0.3, -0.25) is 14.4 Å². The first-order valence-electron chi connectivity index (χ1n) is 13.3. The zero-order valence-corrected chi connectivity index (χ0v) is 23.3. The van der Waals surface area contributed by atoms with E-state index in [0.29, 0.717) is 30.5 Å². The molecule has 1 aliphatic rings. The van der Waals surface area contributed by atoms with Crippen LogP contribution in [0, 0.1) is 24.2 Å². The Bertz CT molecular complexity index is 1240. The maximum absolute atomic E-state index is 13.5. The van der Waals surface area contributed by atoms with E-state index in [-0.39, 0.29) is 24.5 Å². The van der Waals surface area contributed by atoms with E-state index in [0.717, 1.165) is 11.1 Å². The number of nitriles is 1. The summed E-state index contributed by atoms with van der Waals surface area (Å²) >= 11 is 0. The van der Waals surface area contributed by atoms with Gasteiger partial charge in [0.2, 0.25) is 5.91 Å². The average Bonchev–Trinajstić information content (AvgIpc) is 3.38. The zero-order chi connectivity index (χ0) is 28.7. The van der Waals surface area contributed by atoms with Crippen LogP contribution in [0.1, 0.15) is 74.0 Å². The summed E-state index contributed by atoms with van der Waals surface area (Å²) in [4.78, 5) is 54.0. The molecule has 2 aromatic carbocycles. The van der Waals surface area contributed by atoms with Crippen LogP contribution in [0.3, 0.4) is 0 Å². The number of hydrogen-bond donors (Lipinski definition) is 1. The molecule has 0 bridgehead atoms. The first-order chi connectivity index (χ1) is 18.4. The minimum atomic E-state index is -0.855. The third-order valence-corrected chi connectivity index (χ3v) is 6.67. The number of ether oxygens (including phenoxy) is 1. The second kappa shape index (κ2) is 12.7. The van der Waals surface area contributed by atoms with Crippen molar-refractivity contribution in [1.82, 2.24) is 10.2 Å². The average molecular weight is 532 g/mol. The lowest BCUT2D eigenvalue weighted by atomic mass is 9.94. The largest absolute Gasteiger partial charge is 0.458 e. The number of aryl methyl sites for hydroxylation is 1. The van der Waals surface area contributed by atoms with Crippen LogP contribution in [0.5, 0.6) is 0 Å². The number of nitrogens with one attached hydrogen (secondary N) is 1. The van der Waals surface area contributed by atoms with Gasteiger partial charge in [-0.25, -0.2) is 4.79 Å². The van der Waals surface area contributed by atoms with Gasteiger partial charge in [0, 0.05) is 24.4 Å². The number of benzene rings is 2. The molecule has 0 spiro atoms. The van der Waals surface area contributed by atoms with Crippen molar-refractivity contribution in [2.75, 3.05) is 6.54 Å². The van der Waals surface area contributed by atoms with Gasteiger partial charge in [0.1, 0.15) is 11.6 Å². The normalized spacial score (nSPS) is 16.6. The van der Waals surface area contributed by atoms with E-state index in [1.807, 2.05) is 37.3 Å². The summed E-state index contributed by atoms with van der Waals surface area (Å²) in [7, 11) is 0. The van der Waals surface area contributed by atoms with E-state index in [2.05, 4.69) is 5.32 Å². The van der Waals surface area contributed by atoms with Crippen molar-refractivity contribution in [2.45, 2.75) is 78.0 Å². The summed E-state index contributed by atoms with van der Waals surface area (Å²) < 4.78 is 5.51. The quantitative estimate of drug-likeness (QED) is 0.486. The molecule has 1 heterocycles. The van der Waals surface area contributed by atoms with Crippen LogP contribution in [0.25, 0.3) is 0 Å². The SMILES string of the molecule is Cc1ccc(C[C@@H](NC(=O)c2ccc(C#N)cc2)C(=O)C[C@H](C)C(=O)N2CCC[C@H]2C(=O)OC(C)(C)C)cc1. The summed E-state index contributed by atoms with van der Waals surface area (Å²) in [5.74, 6) is -2.09. The molecule has 8 nitrogen and oxygen atoms in total. The molecule has 1 aliphatic heterocycles. The summed E-state index contributed by atoms with van der Waals surface area (Å²) in [5, 5.41) is 11.9. The van der Waals surface area contributed by atoms with Crippen LogP contribution in [-0.4, -0.2) is 52.7 Å². The van der Waals surface area contributed by atoms with Crippen LogP contribution in [0.2, 0.25) is 0 Å². The fourth-order valence-corrected chi connectivity index (χ4v) is 4.60. The topological polar surface area (TPSA) is 117 Å². The minimum absolute atomic E-state index is 0.0828. The smallest absolute Gasteiger partial charge is 0.329 e. The maximum atomic E-state index is 13.5. The van der Waals surface area contributed by atoms with E-state index < -0.39 is 35.5 Å². The molecule has 2 aromatic rings.